The molecule has 0 aliphatic carbocycles. The van der Waals surface area contributed by atoms with Crippen molar-refractivity contribution in [3.8, 4) is 5.75 Å². The highest BCUT2D eigenvalue weighted by Gasteiger charge is 2.30. The summed E-state index contributed by atoms with van der Waals surface area (Å²) in [6.45, 7) is 2.76. The first-order chi connectivity index (χ1) is 10.7. The lowest BCUT2D eigenvalue weighted by Gasteiger charge is -2.29. The van der Waals surface area contributed by atoms with E-state index in [1.807, 2.05) is 53.4 Å². The fourth-order valence-electron chi connectivity index (χ4n) is 2.82. The molecule has 2 N–H and O–H groups in total. The van der Waals surface area contributed by atoms with Crippen LogP contribution < -0.4 is 9.64 Å². The second-order valence-corrected chi connectivity index (χ2v) is 5.64. The van der Waals surface area contributed by atoms with Crippen molar-refractivity contribution < 1.29 is 14.9 Å². The van der Waals surface area contributed by atoms with Crippen molar-refractivity contribution in [2.75, 3.05) is 11.4 Å². The Hall–Kier alpha value is -2.04. The minimum absolute atomic E-state index is 0.482. The average Bonchev–Trinajstić information content (AvgIpc) is 2.97. The molecule has 1 aliphatic rings. The molecular weight excluding hydrogens is 278 g/mol. The lowest BCUT2D eigenvalue weighted by molar-refractivity contribution is 0.0302. The van der Waals surface area contributed by atoms with Gasteiger partial charge in [-0.2, -0.15) is 0 Å². The zero-order valence-electron chi connectivity index (χ0n) is 12.6. The Morgan fingerprint density at radius 2 is 1.86 bits per heavy atom. The molecular formula is C18H21NO3. The Labute approximate surface area is 130 Å². The maximum Gasteiger partial charge on any atom is 0.152 e. The number of anilines is 1. The van der Waals surface area contributed by atoms with Crippen molar-refractivity contribution in [3.05, 3.63) is 59.7 Å². The smallest absolute Gasteiger partial charge is 0.152 e. The van der Waals surface area contributed by atoms with Gasteiger partial charge in [0.05, 0.1) is 11.8 Å². The molecule has 0 bridgehead atoms. The summed E-state index contributed by atoms with van der Waals surface area (Å²) in [4.78, 5) is 1.82. The summed E-state index contributed by atoms with van der Waals surface area (Å²) in [5, 5.41) is 19.9. The van der Waals surface area contributed by atoms with Gasteiger partial charge >= 0.3 is 0 Å². The largest absolute Gasteiger partial charge is 0.487 e. The second kappa shape index (κ2) is 6.38. The predicted octanol–water partition coefficient (Wildman–Crippen LogP) is 2.33. The van der Waals surface area contributed by atoms with Crippen molar-refractivity contribution in [2.45, 2.75) is 32.3 Å². The first-order valence-electron chi connectivity index (χ1n) is 7.58. The van der Waals surface area contributed by atoms with E-state index < -0.39 is 12.3 Å². The number of hydrogen-bond acceptors (Lipinski definition) is 4. The Morgan fingerprint density at radius 1 is 1.09 bits per heavy atom. The van der Waals surface area contributed by atoms with Crippen LogP contribution in [0.2, 0.25) is 0 Å². The molecule has 1 aliphatic heterocycles. The van der Waals surface area contributed by atoms with Crippen LogP contribution in [0, 0.1) is 0 Å². The summed E-state index contributed by atoms with van der Waals surface area (Å²) in [5.74, 6) is 0.749. The van der Waals surface area contributed by atoms with Gasteiger partial charge in [0.15, 0.2) is 6.23 Å². The maximum atomic E-state index is 10.2. The Morgan fingerprint density at radius 3 is 2.59 bits per heavy atom. The third-order valence-corrected chi connectivity index (χ3v) is 3.98. The van der Waals surface area contributed by atoms with Crippen molar-refractivity contribution in [1.82, 2.24) is 0 Å². The summed E-state index contributed by atoms with van der Waals surface area (Å²) in [6.07, 6.45) is -0.877. The molecule has 0 amide bonds. The monoisotopic (exact) mass is 299 g/mol. The third kappa shape index (κ3) is 2.93. The van der Waals surface area contributed by atoms with Crippen LogP contribution in [-0.4, -0.2) is 29.1 Å². The van der Waals surface area contributed by atoms with Crippen LogP contribution in [0.5, 0.6) is 5.75 Å². The molecule has 3 rings (SSSR count). The number of ether oxygens (including phenoxy) is 1. The molecule has 22 heavy (non-hydrogen) atoms. The van der Waals surface area contributed by atoms with Crippen LogP contribution in [0.15, 0.2) is 48.5 Å². The molecule has 0 saturated heterocycles. The van der Waals surface area contributed by atoms with E-state index in [1.54, 1.807) is 6.92 Å². The van der Waals surface area contributed by atoms with Crippen LogP contribution in [0.4, 0.5) is 5.69 Å². The lowest BCUT2D eigenvalue weighted by Crippen LogP contribution is -2.41. The van der Waals surface area contributed by atoms with Crippen LogP contribution in [0.3, 0.4) is 0 Å². The molecule has 1 heterocycles. The molecule has 0 fully saturated rings. The van der Waals surface area contributed by atoms with E-state index in [-0.39, 0.29) is 0 Å². The SMILES string of the molecule is CC(O)C(O)N1CCc2cccc(OCc3ccccc3)c21. The fourth-order valence-corrected chi connectivity index (χ4v) is 2.82. The molecule has 2 aromatic carbocycles. The number of aliphatic hydroxyl groups is 2. The molecule has 2 atom stereocenters. The first-order valence-corrected chi connectivity index (χ1v) is 7.58. The van der Waals surface area contributed by atoms with Crippen molar-refractivity contribution in [3.63, 3.8) is 0 Å². The van der Waals surface area contributed by atoms with Gasteiger partial charge in [-0.3, -0.25) is 0 Å². The third-order valence-electron chi connectivity index (χ3n) is 3.98. The Bertz CT molecular complexity index is 627. The summed E-state index contributed by atoms with van der Waals surface area (Å²) in [7, 11) is 0. The molecule has 4 heteroatoms. The number of aliphatic hydroxyl groups excluding tert-OH is 2. The number of para-hydroxylation sites is 1. The van der Waals surface area contributed by atoms with Crippen LogP contribution in [-0.2, 0) is 13.0 Å². The van der Waals surface area contributed by atoms with Gasteiger partial charge in [-0.25, -0.2) is 0 Å². The standard InChI is InChI=1S/C18H21NO3/c1-13(20)18(21)19-11-10-15-8-5-9-16(17(15)19)22-12-14-6-3-2-4-7-14/h2-9,13,18,20-21H,10-12H2,1H3. The zero-order chi connectivity index (χ0) is 15.5. The highest BCUT2D eigenvalue weighted by atomic mass is 16.5. The summed E-state index contributed by atoms with van der Waals surface area (Å²) < 4.78 is 5.96. The molecule has 2 unspecified atom stereocenters. The molecule has 0 aromatic heterocycles. The fraction of sp³-hybridized carbons (Fsp3) is 0.333. The highest BCUT2D eigenvalue weighted by molar-refractivity contribution is 5.67. The summed E-state index contributed by atoms with van der Waals surface area (Å²) >= 11 is 0. The number of rotatable bonds is 5. The molecule has 2 aromatic rings. The van der Waals surface area contributed by atoms with Gasteiger partial charge in [0.25, 0.3) is 0 Å². The van der Waals surface area contributed by atoms with E-state index in [0.29, 0.717) is 13.2 Å². The van der Waals surface area contributed by atoms with Crippen molar-refractivity contribution >= 4 is 5.69 Å². The van der Waals surface area contributed by atoms with Crippen LogP contribution in [0.25, 0.3) is 0 Å². The molecule has 0 radical (unpaired) electrons. The Balaban J connectivity index is 1.83. The van der Waals surface area contributed by atoms with E-state index in [2.05, 4.69) is 0 Å². The van der Waals surface area contributed by atoms with Gasteiger partial charge in [-0.1, -0.05) is 42.5 Å². The van der Waals surface area contributed by atoms with E-state index >= 15 is 0 Å². The predicted molar refractivity (Wildman–Crippen MR) is 86.0 cm³/mol. The zero-order valence-corrected chi connectivity index (χ0v) is 12.6. The minimum atomic E-state index is -0.914. The van der Waals surface area contributed by atoms with Crippen molar-refractivity contribution in [2.24, 2.45) is 0 Å². The normalized spacial score (nSPS) is 16.2. The van der Waals surface area contributed by atoms with E-state index in [0.717, 1.165) is 29.0 Å². The van der Waals surface area contributed by atoms with Crippen molar-refractivity contribution in [1.29, 1.82) is 0 Å². The molecule has 116 valence electrons. The Kier molecular flexibility index (Phi) is 4.32. The first kappa shape index (κ1) is 14.9. The number of hydrogen-bond donors (Lipinski definition) is 2. The van der Waals surface area contributed by atoms with Gasteiger partial charge in [0, 0.05) is 6.54 Å². The number of fused-ring (bicyclic) bond motifs is 1. The van der Waals surface area contributed by atoms with Crippen LogP contribution >= 0.6 is 0 Å². The van der Waals surface area contributed by atoms with Gasteiger partial charge in [0.1, 0.15) is 12.4 Å². The average molecular weight is 299 g/mol. The molecule has 0 saturated carbocycles. The molecule has 4 nitrogen and oxygen atoms in total. The minimum Gasteiger partial charge on any atom is -0.487 e. The topological polar surface area (TPSA) is 52.9 Å². The highest BCUT2D eigenvalue weighted by Crippen LogP contribution is 2.38. The van der Waals surface area contributed by atoms with Gasteiger partial charge in [-0.05, 0) is 30.5 Å². The summed E-state index contributed by atoms with van der Waals surface area (Å²) in [5.41, 5.74) is 3.14. The van der Waals surface area contributed by atoms with E-state index in [9.17, 15) is 10.2 Å². The summed E-state index contributed by atoms with van der Waals surface area (Å²) in [6, 6.07) is 15.9. The quantitative estimate of drug-likeness (QED) is 0.890. The maximum absolute atomic E-state index is 10.2. The van der Waals surface area contributed by atoms with E-state index in [1.165, 1.54) is 0 Å². The van der Waals surface area contributed by atoms with Gasteiger partial charge < -0.3 is 19.8 Å². The van der Waals surface area contributed by atoms with Gasteiger partial charge in [-0.15, -0.1) is 0 Å². The van der Waals surface area contributed by atoms with Crippen LogP contribution in [0.1, 0.15) is 18.1 Å². The number of nitrogens with zero attached hydrogens (tertiary/aromatic N) is 1. The van der Waals surface area contributed by atoms with Gasteiger partial charge in [0.2, 0.25) is 0 Å². The molecule has 0 spiro atoms. The second-order valence-electron chi connectivity index (χ2n) is 5.64. The van der Waals surface area contributed by atoms with E-state index in [4.69, 9.17) is 4.74 Å². The number of benzene rings is 2. The lowest BCUT2D eigenvalue weighted by atomic mass is 10.1.